The summed E-state index contributed by atoms with van der Waals surface area (Å²) in [6.45, 7) is 10.6. The van der Waals surface area contributed by atoms with Gasteiger partial charge in [-0.25, -0.2) is 4.98 Å². The first-order chi connectivity index (χ1) is 10.4. The van der Waals surface area contributed by atoms with Gasteiger partial charge in [-0.15, -0.1) is 35.3 Å². The molecule has 23 heavy (non-hydrogen) atoms. The Morgan fingerprint density at radius 3 is 2.43 bits per heavy atom. The third-order valence-corrected chi connectivity index (χ3v) is 5.66. The summed E-state index contributed by atoms with van der Waals surface area (Å²) in [6, 6.07) is 0. The zero-order valence-electron chi connectivity index (χ0n) is 15.0. The average Bonchev–Trinajstić information content (AvgIpc) is 2.74. The number of nitrogens with zero attached hydrogens (tertiary/aromatic N) is 2. The summed E-state index contributed by atoms with van der Waals surface area (Å²) in [4.78, 5) is 10.2. The summed E-state index contributed by atoms with van der Waals surface area (Å²) < 4.78 is 0. The maximum absolute atomic E-state index is 4.57. The van der Waals surface area contributed by atoms with Crippen molar-refractivity contribution in [2.24, 2.45) is 16.3 Å². The number of hydrogen-bond donors (Lipinski definition) is 2. The predicted molar refractivity (Wildman–Crippen MR) is 111 cm³/mol. The largest absolute Gasteiger partial charge is 0.356 e. The van der Waals surface area contributed by atoms with E-state index in [0.29, 0.717) is 5.41 Å². The molecule has 0 unspecified atom stereocenters. The number of aromatic nitrogens is 1. The van der Waals surface area contributed by atoms with Crippen molar-refractivity contribution in [1.82, 2.24) is 15.6 Å². The number of nitrogens with one attached hydrogen (secondary N) is 2. The highest BCUT2D eigenvalue weighted by atomic mass is 127. The Labute approximate surface area is 162 Å². The van der Waals surface area contributed by atoms with Crippen molar-refractivity contribution in [3.05, 3.63) is 15.6 Å². The summed E-state index contributed by atoms with van der Waals surface area (Å²) >= 11 is 1.76. The first-order valence-electron chi connectivity index (χ1n) is 8.31. The van der Waals surface area contributed by atoms with Crippen LogP contribution in [-0.2, 0) is 6.54 Å². The fraction of sp³-hybridized carbons (Fsp3) is 0.765. The van der Waals surface area contributed by atoms with Crippen molar-refractivity contribution in [1.29, 1.82) is 0 Å². The molecule has 1 aliphatic carbocycles. The van der Waals surface area contributed by atoms with E-state index in [4.69, 9.17) is 0 Å². The Morgan fingerprint density at radius 2 is 2.00 bits per heavy atom. The van der Waals surface area contributed by atoms with Crippen molar-refractivity contribution >= 4 is 41.3 Å². The molecule has 4 nitrogen and oxygen atoms in total. The molecule has 0 radical (unpaired) electrons. The van der Waals surface area contributed by atoms with Crippen molar-refractivity contribution < 1.29 is 0 Å². The molecule has 1 fully saturated rings. The van der Waals surface area contributed by atoms with Crippen LogP contribution < -0.4 is 10.6 Å². The topological polar surface area (TPSA) is 49.3 Å². The first kappa shape index (κ1) is 20.7. The van der Waals surface area contributed by atoms with E-state index in [9.17, 15) is 0 Å². The van der Waals surface area contributed by atoms with Gasteiger partial charge in [-0.05, 0) is 44.4 Å². The normalized spacial score (nSPS) is 16.7. The fourth-order valence-corrected chi connectivity index (χ4v) is 4.14. The second-order valence-corrected chi connectivity index (χ2v) is 8.27. The van der Waals surface area contributed by atoms with Crippen molar-refractivity contribution in [2.75, 3.05) is 13.6 Å². The van der Waals surface area contributed by atoms with E-state index in [0.717, 1.165) is 35.7 Å². The molecule has 132 valence electrons. The third kappa shape index (κ3) is 5.89. The SMILES string of the molecule is CN=C(NCc1nc(C)c(C)s1)NCC1(CC(C)C)CCC1.I. The second kappa shape index (κ2) is 9.20. The number of thiazole rings is 1. The van der Waals surface area contributed by atoms with Gasteiger partial charge in [0.05, 0.1) is 12.2 Å². The quantitative estimate of drug-likeness (QED) is 0.387. The molecule has 0 bridgehead atoms. The summed E-state index contributed by atoms with van der Waals surface area (Å²) in [7, 11) is 1.84. The third-order valence-electron chi connectivity index (χ3n) is 4.59. The van der Waals surface area contributed by atoms with E-state index in [1.807, 2.05) is 7.05 Å². The fourth-order valence-electron chi connectivity index (χ4n) is 3.26. The Balaban J connectivity index is 0.00000264. The Bertz CT molecular complexity index is 501. The molecule has 1 saturated carbocycles. The summed E-state index contributed by atoms with van der Waals surface area (Å²) in [5.74, 6) is 1.65. The van der Waals surface area contributed by atoms with E-state index in [-0.39, 0.29) is 24.0 Å². The maximum atomic E-state index is 4.57. The molecule has 1 aromatic rings. The molecule has 6 heteroatoms. The molecule has 1 heterocycles. The number of hydrogen-bond acceptors (Lipinski definition) is 3. The molecule has 0 aliphatic heterocycles. The van der Waals surface area contributed by atoms with Gasteiger partial charge in [0.2, 0.25) is 0 Å². The molecule has 0 atom stereocenters. The van der Waals surface area contributed by atoms with E-state index in [1.54, 1.807) is 11.3 Å². The molecule has 1 aliphatic rings. The van der Waals surface area contributed by atoms with Crippen LogP contribution >= 0.6 is 35.3 Å². The number of halogens is 1. The van der Waals surface area contributed by atoms with E-state index < -0.39 is 0 Å². The number of rotatable bonds is 6. The molecular formula is C17H31IN4S. The van der Waals surface area contributed by atoms with Crippen molar-refractivity contribution in [3.8, 4) is 0 Å². The van der Waals surface area contributed by atoms with Gasteiger partial charge in [-0.2, -0.15) is 0 Å². The van der Waals surface area contributed by atoms with E-state index in [1.165, 1.54) is 30.6 Å². The summed E-state index contributed by atoms with van der Waals surface area (Å²) in [5.41, 5.74) is 1.62. The van der Waals surface area contributed by atoms with Crippen LogP contribution in [0.2, 0.25) is 0 Å². The number of guanidine groups is 1. The Morgan fingerprint density at radius 1 is 1.30 bits per heavy atom. The van der Waals surface area contributed by atoms with Gasteiger partial charge in [0.25, 0.3) is 0 Å². The van der Waals surface area contributed by atoms with Crippen molar-refractivity contribution in [2.45, 2.75) is 59.9 Å². The highest BCUT2D eigenvalue weighted by Crippen LogP contribution is 2.45. The monoisotopic (exact) mass is 450 g/mol. The van der Waals surface area contributed by atoms with Crippen LogP contribution in [0.25, 0.3) is 0 Å². The van der Waals surface area contributed by atoms with Crippen LogP contribution in [-0.4, -0.2) is 24.5 Å². The minimum absolute atomic E-state index is 0. The molecule has 0 amide bonds. The van der Waals surface area contributed by atoms with Gasteiger partial charge < -0.3 is 10.6 Å². The molecule has 0 saturated heterocycles. The minimum Gasteiger partial charge on any atom is -0.356 e. The number of aliphatic imine (C=N–C) groups is 1. The smallest absolute Gasteiger partial charge is 0.191 e. The van der Waals surface area contributed by atoms with E-state index in [2.05, 4.69) is 48.3 Å². The molecular weight excluding hydrogens is 419 g/mol. The van der Waals surface area contributed by atoms with Crippen LogP contribution in [0.5, 0.6) is 0 Å². The Hall–Kier alpha value is -0.370. The zero-order valence-corrected chi connectivity index (χ0v) is 18.2. The van der Waals surface area contributed by atoms with E-state index >= 15 is 0 Å². The lowest BCUT2D eigenvalue weighted by atomic mass is 9.64. The molecule has 2 N–H and O–H groups in total. The van der Waals surface area contributed by atoms with Gasteiger partial charge in [0.1, 0.15) is 5.01 Å². The van der Waals surface area contributed by atoms with Crippen LogP contribution in [0.15, 0.2) is 4.99 Å². The van der Waals surface area contributed by atoms with Crippen LogP contribution in [0.4, 0.5) is 0 Å². The lowest BCUT2D eigenvalue weighted by Gasteiger charge is -2.43. The van der Waals surface area contributed by atoms with Gasteiger partial charge in [0.15, 0.2) is 5.96 Å². The van der Waals surface area contributed by atoms with Gasteiger partial charge in [-0.3, -0.25) is 4.99 Å². The summed E-state index contributed by atoms with van der Waals surface area (Å²) in [5, 5.41) is 8.04. The summed E-state index contributed by atoms with van der Waals surface area (Å²) in [6.07, 6.45) is 5.38. The predicted octanol–water partition coefficient (Wildman–Crippen LogP) is 4.26. The van der Waals surface area contributed by atoms with Gasteiger partial charge >= 0.3 is 0 Å². The van der Waals surface area contributed by atoms with Crippen LogP contribution in [0.1, 0.15) is 55.1 Å². The van der Waals surface area contributed by atoms with Gasteiger partial charge in [-0.1, -0.05) is 20.3 Å². The van der Waals surface area contributed by atoms with Crippen LogP contribution in [0, 0.1) is 25.2 Å². The maximum Gasteiger partial charge on any atom is 0.191 e. The number of aryl methyl sites for hydroxylation is 2. The molecule has 1 aromatic heterocycles. The second-order valence-electron chi connectivity index (χ2n) is 6.98. The standard InChI is InChI=1S/C17H30N4S.HI/c1-12(2)9-17(7-6-8-17)11-20-16(18-5)19-10-15-21-13(3)14(4)22-15;/h12H,6-11H2,1-5H3,(H2,18,19,20);1H. The first-order valence-corrected chi connectivity index (χ1v) is 9.13. The van der Waals surface area contributed by atoms with Crippen LogP contribution in [0.3, 0.4) is 0 Å². The Kier molecular flexibility index (Phi) is 8.27. The highest BCUT2D eigenvalue weighted by molar-refractivity contribution is 14.0. The molecule has 2 rings (SSSR count). The van der Waals surface area contributed by atoms with Crippen molar-refractivity contribution in [3.63, 3.8) is 0 Å². The van der Waals surface area contributed by atoms with Gasteiger partial charge in [0, 0.05) is 18.5 Å². The highest BCUT2D eigenvalue weighted by Gasteiger charge is 2.37. The lowest BCUT2D eigenvalue weighted by Crippen LogP contribution is -2.46. The minimum atomic E-state index is 0. The molecule has 0 aromatic carbocycles. The average molecular weight is 450 g/mol. The zero-order chi connectivity index (χ0) is 16.2. The lowest BCUT2D eigenvalue weighted by molar-refractivity contribution is 0.104. The molecule has 0 spiro atoms.